The number of amides is 1. The van der Waals surface area contributed by atoms with Crippen LogP contribution in [0.15, 0.2) is 60.7 Å². The molecule has 2 saturated heterocycles. The molecule has 3 aromatic carbocycles. The zero-order chi connectivity index (χ0) is 29.6. The molecule has 2 fully saturated rings. The number of carbonyl (C=O) groups is 2. The molecule has 0 bridgehead atoms. The summed E-state index contributed by atoms with van der Waals surface area (Å²) >= 11 is 0. The topological polar surface area (TPSA) is 106 Å². The van der Waals surface area contributed by atoms with Crippen LogP contribution in [0, 0.1) is 11.3 Å². The average Bonchev–Trinajstić information content (AvgIpc) is 3.57. The van der Waals surface area contributed by atoms with E-state index in [9.17, 15) is 18.0 Å². The van der Waals surface area contributed by atoms with Crippen LogP contribution in [0.3, 0.4) is 0 Å². The summed E-state index contributed by atoms with van der Waals surface area (Å²) in [6.45, 7) is 4.63. The number of rotatable bonds is 6. The Labute approximate surface area is 235 Å². The molecule has 0 aliphatic carbocycles. The number of nitrogens with one attached hydrogen (secondary N) is 1. The van der Waals surface area contributed by atoms with E-state index in [2.05, 4.69) is 64.6 Å². The zero-order valence-electron chi connectivity index (χ0n) is 22.5. The van der Waals surface area contributed by atoms with Crippen molar-refractivity contribution < 1.29 is 32.6 Å². The Hall–Kier alpha value is -4.14. The van der Waals surface area contributed by atoms with Crippen LogP contribution >= 0.6 is 0 Å². The molecule has 2 aliphatic heterocycles. The van der Waals surface area contributed by atoms with Crippen molar-refractivity contribution in [1.82, 2.24) is 15.1 Å². The van der Waals surface area contributed by atoms with Crippen molar-refractivity contribution in [2.24, 2.45) is 0 Å². The Morgan fingerprint density at radius 2 is 1.78 bits per heavy atom. The number of likely N-dealkylation sites (N-methyl/N-ethyl adjacent to an activating group) is 1. The first-order valence-corrected chi connectivity index (χ1v) is 13.2. The van der Waals surface area contributed by atoms with Gasteiger partial charge in [-0.15, -0.1) is 0 Å². The third-order valence-corrected chi connectivity index (χ3v) is 7.11. The number of aliphatic carboxylic acids is 1. The minimum absolute atomic E-state index is 0.103. The first kappa shape index (κ1) is 29.8. The summed E-state index contributed by atoms with van der Waals surface area (Å²) in [6, 6.07) is 21.8. The van der Waals surface area contributed by atoms with Crippen LogP contribution in [-0.2, 0) is 11.3 Å². The molecular weight excluding hydrogens is 537 g/mol. The van der Waals surface area contributed by atoms with Gasteiger partial charge in [-0.3, -0.25) is 9.69 Å². The second-order valence-electron chi connectivity index (χ2n) is 10.2. The fraction of sp³-hybridized carbons (Fsp3) is 0.367. The molecule has 41 heavy (non-hydrogen) atoms. The summed E-state index contributed by atoms with van der Waals surface area (Å²) in [5.74, 6) is -1.91. The van der Waals surface area contributed by atoms with E-state index in [1.54, 1.807) is 24.3 Å². The van der Waals surface area contributed by atoms with E-state index in [1.165, 1.54) is 10.9 Å². The van der Waals surface area contributed by atoms with E-state index in [4.69, 9.17) is 19.9 Å². The van der Waals surface area contributed by atoms with Gasteiger partial charge in [0.1, 0.15) is 11.9 Å². The normalized spacial score (nSPS) is 19.3. The van der Waals surface area contributed by atoms with Crippen molar-refractivity contribution in [1.29, 1.82) is 5.26 Å². The molecule has 2 aliphatic rings. The van der Waals surface area contributed by atoms with E-state index in [0.29, 0.717) is 11.1 Å². The lowest BCUT2D eigenvalue weighted by Crippen LogP contribution is -2.37. The van der Waals surface area contributed by atoms with Crippen LogP contribution in [0.25, 0.3) is 10.8 Å². The number of halogens is 3. The number of likely N-dealkylation sites (tertiary alicyclic amines) is 2. The number of carbonyl (C=O) groups excluding carboxylic acids is 1. The van der Waals surface area contributed by atoms with Gasteiger partial charge in [0, 0.05) is 49.7 Å². The fourth-order valence-corrected chi connectivity index (χ4v) is 5.08. The highest BCUT2D eigenvalue weighted by Crippen LogP contribution is 2.31. The lowest BCUT2D eigenvalue weighted by atomic mass is 10.0. The summed E-state index contributed by atoms with van der Waals surface area (Å²) in [5, 5.41) is 21.7. The lowest BCUT2D eigenvalue weighted by Gasteiger charge is -2.20. The standard InChI is InChI=1S/C28H30N4O2.C2HF3O2/c1-31-13-12-24(19-31)34-27-10-9-22(25-7-2-3-8-26(25)27)17-32-14-11-23(18-32)30-28(33)21-6-4-5-20(15-21)16-29;3-2(4,5)1(6)7/h2-10,15,23-24H,11-14,17-19H2,1H3,(H,30,33);(H,6,7)/t23-,24?;/m0./s1. The van der Waals surface area contributed by atoms with Crippen LogP contribution in [0.5, 0.6) is 5.75 Å². The lowest BCUT2D eigenvalue weighted by molar-refractivity contribution is -0.192. The highest BCUT2D eigenvalue weighted by Gasteiger charge is 2.38. The van der Waals surface area contributed by atoms with Crippen LogP contribution in [-0.4, -0.2) is 78.3 Å². The number of fused-ring (bicyclic) bond motifs is 1. The van der Waals surface area contributed by atoms with Crippen LogP contribution < -0.4 is 10.1 Å². The number of nitrogens with zero attached hydrogens (tertiary/aromatic N) is 3. The molecule has 11 heteroatoms. The molecule has 216 valence electrons. The SMILES string of the molecule is CN1CCC(Oc2ccc(CN3CC[C@H](NC(=O)c4cccc(C#N)c4)C3)c3ccccc23)C1.O=C(O)C(F)(F)F. The third-order valence-electron chi connectivity index (χ3n) is 7.11. The van der Waals surface area contributed by atoms with Gasteiger partial charge in [-0.2, -0.15) is 18.4 Å². The summed E-state index contributed by atoms with van der Waals surface area (Å²) in [7, 11) is 2.14. The average molecular weight is 569 g/mol. The summed E-state index contributed by atoms with van der Waals surface area (Å²) < 4.78 is 38.1. The molecule has 8 nitrogen and oxygen atoms in total. The minimum atomic E-state index is -5.08. The third kappa shape index (κ3) is 7.96. The van der Waals surface area contributed by atoms with E-state index in [-0.39, 0.29) is 18.1 Å². The van der Waals surface area contributed by atoms with Gasteiger partial charge in [-0.25, -0.2) is 4.79 Å². The second kappa shape index (κ2) is 13.0. The Kier molecular flexibility index (Phi) is 9.47. The Bertz CT molecular complexity index is 1440. The predicted molar refractivity (Wildman–Crippen MR) is 146 cm³/mol. The maximum absolute atomic E-state index is 12.7. The summed E-state index contributed by atoms with van der Waals surface area (Å²) in [4.78, 5) is 26.3. The minimum Gasteiger partial charge on any atom is -0.488 e. The van der Waals surface area contributed by atoms with Crippen molar-refractivity contribution in [3.05, 3.63) is 77.4 Å². The molecule has 1 amide bonds. The van der Waals surface area contributed by atoms with Crippen LogP contribution in [0.4, 0.5) is 13.2 Å². The Morgan fingerprint density at radius 3 is 2.44 bits per heavy atom. The monoisotopic (exact) mass is 568 g/mol. The maximum atomic E-state index is 12.7. The summed E-state index contributed by atoms with van der Waals surface area (Å²) in [6.07, 6.45) is -2.86. The molecule has 0 radical (unpaired) electrons. The van der Waals surface area contributed by atoms with Crippen molar-refractivity contribution in [3.8, 4) is 11.8 Å². The van der Waals surface area contributed by atoms with Gasteiger partial charge in [0.05, 0.1) is 11.6 Å². The van der Waals surface area contributed by atoms with Gasteiger partial charge in [-0.05, 0) is 55.1 Å². The molecule has 0 aromatic heterocycles. The number of ether oxygens (including phenoxy) is 1. The van der Waals surface area contributed by atoms with Gasteiger partial charge >= 0.3 is 12.1 Å². The number of benzene rings is 3. The first-order valence-electron chi connectivity index (χ1n) is 13.2. The van der Waals surface area contributed by atoms with Gasteiger partial charge in [-0.1, -0.05) is 36.4 Å². The number of hydrogen-bond donors (Lipinski definition) is 2. The second-order valence-corrected chi connectivity index (χ2v) is 10.2. The first-order chi connectivity index (χ1) is 19.5. The molecule has 2 atom stereocenters. The van der Waals surface area contributed by atoms with Crippen LogP contribution in [0.2, 0.25) is 0 Å². The van der Waals surface area contributed by atoms with Gasteiger partial charge < -0.3 is 20.1 Å². The van der Waals surface area contributed by atoms with Gasteiger partial charge in [0.2, 0.25) is 0 Å². The molecule has 1 unspecified atom stereocenters. The predicted octanol–water partition coefficient (Wildman–Crippen LogP) is 4.43. The van der Waals surface area contributed by atoms with E-state index < -0.39 is 12.1 Å². The van der Waals surface area contributed by atoms with Gasteiger partial charge in [0.15, 0.2) is 0 Å². The smallest absolute Gasteiger partial charge is 0.488 e. The Balaban J connectivity index is 0.000000493. The quantitative estimate of drug-likeness (QED) is 0.453. The molecule has 3 aromatic rings. The highest BCUT2D eigenvalue weighted by atomic mass is 19.4. The molecule has 2 heterocycles. The maximum Gasteiger partial charge on any atom is 0.490 e. The van der Waals surface area contributed by atoms with E-state index >= 15 is 0 Å². The molecule has 5 rings (SSSR count). The number of hydrogen-bond acceptors (Lipinski definition) is 6. The number of alkyl halides is 3. The Morgan fingerprint density at radius 1 is 1.05 bits per heavy atom. The highest BCUT2D eigenvalue weighted by molar-refractivity contribution is 5.94. The zero-order valence-corrected chi connectivity index (χ0v) is 22.5. The van der Waals surface area contributed by atoms with E-state index in [0.717, 1.165) is 56.7 Å². The summed E-state index contributed by atoms with van der Waals surface area (Å²) in [5.41, 5.74) is 2.31. The van der Waals surface area contributed by atoms with Crippen molar-refractivity contribution >= 4 is 22.6 Å². The number of carboxylic acids is 1. The molecule has 2 N–H and O–H groups in total. The number of nitriles is 1. The largest absolute Gasteiger partial charge is 0.490 e. The van der Waals surface area contributed by atoms with Crippen molar-refractivity contribution in [3.63, 3.8) is 0 Å². The van der Waals surface area contributed by atoms with Crippen molar-refractivity contribution in [2.75, 3.05) is 33.2 Å². The van der Waals surface area contributed by atoms with E-state index in [1.807, 2.05) is 0 Å². The fourth-order valence-electron chi connectivity index (χ4n) is 5.08. The van der Waals surface area contributed by atoms with Crippen molar-refractivity contribution in [2.45, 2.75) is 37.7 Å². The molecular formula is C30H31F3N4O4. The molecule has 0 spiro atoms. The molecule has 0 saturated carbocycles. The van der Waals surface area contributed by atoms with Crippen LogP contribution in [0.1, 0.15) is 34.3 Å². The van der Waals surface area contributed by atoms with Gasteiger partial charge in [0.25, 0.3) is 5.91 Å². The number of carboxylic acid groups (broad SMARTS) is 1.